The number of hydrogen-bond donors (Lipinski definition) is 0. The molecule has 0 saturated carbocycles. The molecule has 0 N–H and O–H groups in total. The van der Waals surface area contributed by atoms with Crippen LogP contribution in [0.5, 0.6) is 0 Å². The highest BCUT2D eigenvalue weighted by Crippen LogP contribution is 2.24. The molecule has 156 valence electrons. The number of halogens is 1. The van der Waals surface area contributed by atoms with Crippen LogP contribution < -0.4 is 0 Å². The quantitative estimate of drug-likeness (QED) is 0.536. The number of thiazole rings is 1. The fourth-order valence-corrected chi connectivity index (χ4v) is 4.21. The summed E-state index contributed by atoms with van der Waals surface area (Å²) in [7, 11) is 0. The number of carbonyl (C=O) groups excluding carboxylic acids is 1. The third-order valence-corrected chi connectivity index (χ3v) is 5.79. The van der Waals surface area contributed by atoms with Gasteiger partial charge in [-0.3, -0.25) is 9.69 Å². The Bertz CT molecular complexity index is 979. The van der Waals surface area contributed by atoms with Gasteiger partial charge in [-0.15, -0.1) is 11.3 Å². The first-order valence-corrected chi connectivity index (χ1v) is 10.8. The van der Waals surface area contributed by atoms with Crippen molar-refractivity contribution in [3.8, 4) is 10.6 Å². The summed E-state index contributed by atoms with van der Waals surface area (Å²) < 4.78 is 24.6. The number of morpholine rings is 1. The Morgan fingerprint density at radius 2 is 2.10 bits per heavy atom. The molecule has 0 radical (unpaired) electrons. The van der Waals surface area contributed by atoms with Gasteiger partial charge >= 0.3 is 5.97 Å². The van der Waals surface area contributed by atoms with Gasteiger partial charge in [0, 0.05) is 30.6 Å². The molecule has 1 saturated heterocycles. The molecule has 4 rings (SSSR count). The van der Waals surface area contributed by atoms with Gasteiger partial charge in [-0.25, -0.2) is 9.37 Å². The van der Waals surface area contributed by atoms with E-state index in [0.717, 1.165) is 19.6 Å². The van der Waals surface area contributed by atoms with Crippen LogP contribution in [0.25, 0.3) is 10.6 Å². The van der Waals surface area contributed by atoms with E-state index in [0.29, 0.717) is 22.9 Å². The summed E-state index contributed by atoms with van der Waals surface area (Å²) in [6, 6.07) is 16.6. The van der Waals surface area contributed by atoms with Crippen molar-refractivity contribution in [1.82, 2.24) is 9.88 Å². The fourth-order valence-electron chi connectivity index (χ4n) is 3.39. The smallest absolute Gasteiger partial charge is 0.311 e. The van der Waals surface area contributed by atoms with Crippen LogP contribution in [-0.4, -0.2) is 48.3 Å². The van der Waals surface area contributed by atoms with Crippen molar-refractivity contribution in [2.45, 2.75) is 19.1 Å². The molecule has 1 aromatic heterocycles. The van der Waals surface area contributed by atoms with E-state index in [1.54, 1.807) is 17.5 Å². The minimum absolute atomic E-state index is 0.0895. The predicted molar refractivity (Wildman–Crippen MR) is 114 cm³/mol. The van der Waals surface area contributed by atoms with Gasteiger partial charge in [0.05, 0.1) is 18.7 Å². The molecule has 7 heteroatoms. The first-order valence-electron chi connectivity index (χ1n) is 9.89. The Balaban J connectivity index is 1.25. The summed E-state index contributed by atoms with van der Waals surface area (Å²) in [5.74, 6) is -0.646. The van der Waals surface area contributed by atoms with Crippen molar-refractivity contribution in [3.63, 3.8) is 0 Å². The van der Waals surface area contributed by atoms with Gasteiger partial charge in [-0.05, 0) is 17.7 Å². The van der Waals surface area contributed by atoms with E-state index in [9.17, 15) is 9.18 Å². The lowest BCUT2D eigenvalue weighted by Gasteiger charge is -2.32. The highest BCUT2D eigenvalue weighted by atomic mass is 32.1. The van der Waals surface area contributed by atoms with Crippen molar-refractivity contribution in [1.29, 1.82) is 0 Å². The Labute approximate surface area is 179 Å². The molecule has 5 nitrogen and oxygen atoms in total. The third kappa shape index (κ3) is 5.72. The number of benzene rings is 2. The molecule has 1 atom stereocenters. The number of aromatic nitrogens is 1. The van der Waals surface area contributed by atoms with E-state index >= 15 is 0 Å². The van der Waals surface area contributed by atoms with Gasteiger partial charge in [0.2, 0.25) is 0 Å². The zero-order chi connectivity index (χ0) is 20.8. The second-order valence-corrected chi connectivity index (χ2v) is 8.09. The van der Waals surface area contributed by atoms with Crippen molar-refractivity contribution in [3.05, 3.63) is 77.1 Å². The monoisotopic (exact) mass is 426 g/mol. The highest BCUT2D eigenvalue weighted by molar-refractivity contribution is 7.13. The second-order valence-electron chi connectivity index (χ2n) is 7.23. The van der Waals surface area contributed by atoms with Gasteiger partial charge in [0.15, 0.2) is 0 Å². The molecule has 30 heavy (non-hydrogen) atoms. The summed E-state index contributed by atoms with van der Waals surface area (Å²) >= 11 is 1.38. The SMILES string of the molecule is O=C(Cc1csc(-c2cccc(F)c2)n1)OCC1CN(Cc2ccccc2)CCO1. The van der Waals surface area contributed by atoms with E-state index in [4.69, 9.17) is 9.47 Å². The lowest BCUT2D eigenvalue weighted by molar-refractivity contribution is -0.149. The summed E-state index contributed by atoms with van der Waals surface area (Å²) in [6.45, 7) is 3.29. The van der Waals surface area contributed by atoms with Crippen molar-refractivity contribution >= 4 is 17.3 Å². The molecule has 1 aliphatic rings. The van der Waals surface area contributed by atoms with E-state index < -0.39 is 0 Å². The molecular weight excluding hydrogens is 403 g/mol. The molecule has 1 aliphatic heterocycles. The van der Waals surface area contributed by atoms with Crippen LogP contribution in [0, 0.1) is 5.82 Å². The lowest BCUT2D eigenvalue weighted by Crippen LogP contribution is -2.44. The maximum atomic E-state index is 13.4. The fraction of sp³-hybridized carbons (Fsp3) is 0.304. The van der Waals surface area contributed by atoms with Crippen LogP contribution in [0.15, 0.2) is 60.0 Å². The zero-order valence-corrected chi connectivity index (χ0v) is 17.3. The van der Waals surface area contributed by atoms with E-state index in [1.165, 1.54) is 29.0 Å². The number of esters is 1. The Morgan fingerprint density at radius 3 is 2.93 bits per heavy atom. The van der Waals surface area contributed by atoms with Crippen molar-refractivity contribution < 1.29 is 18.7 Å². The van der Waals surface area contributed by atoms with Crippen LogP contribution in [0.1, 0.15) is 11.3 Å². The van der Waals surface area contributed by atoms with Crippen LogP contribution in [0.3, 0.4) is 0 Å². The van der Waals surface area contributed by atoms with Gasteiger partial charge in [0.1, 0.15) is 23.5 Å². The van der Waals surface area contributed by atoms with E-state index in [-0.39, 0.29) is 30.9 Å². The van der Waals surface area contributed by atoms with E-state index in [2.05, 4.69) is 22.0 Å². The van der Waals surface area contributed by atoms with Crippen LogP contribution in [0.2, 0.25) is 0 Å². The molecule has 0 bridgehead atoms. The number of hydrogen-bond acceptors (Lipinski definition) is 6. The van der Waals surface area contributed by atoms with Crippen molar-refractivity contribution in [2.75, 3.05) is 26.3 Å². The summed E-state index contributed by atoms with van der Waals surface area (Å²) in [5.41, 5.74) is 2.58. The largest absolute Gasteiger partial charge is 0.463 e. The lowest BCUT2D eigenvalue weighted by atomic mass is 10.2. The van der Waals surface area contributed by atoms with Crippen LogP contribution in [0.4, 0.5) is 4.39 Å². The van der Waals surface area contributed by atoms with Gasteiger partial charge in [-0.2, -0.15) is 0 Å². The molecule has 0 amide bonds. The Kier molecular flexibility index (Phi) is 6.84. The second kappa shape index (κ2) is 9.93. The maximum absolute atomic E-state index is 13.4. The zero-order valence-electron chi connectivity index (χ0n) is 16.5. The predicted octanol–water partition coefficient (Wildman–Crippen LogP) is 3.94. The molecule has 1 fully saturated rings. The maximum Gasteiger partial charge on any atom is 0.311 e. The molecule has 2 heterocycles. The minimum atomic E-state index is -0.338. The Hall–Kier alpha value is -2.61. The van der Waals surface area contributed by atoms with Gasteiger partial charge < -0.3 is 9.47 Å². The van der Waals surface area contributed by atoms with Crippen molar-refractivity contribution in [2.24, 2.45) is 0 Å². The number of ether oxygens (including phenoxy) is 2. The molecular formula is C23H23FN2O3S. The number of nitrogens with zero attached hydrogens (tertiary/aromatic N) is 2. The summed E-state index contributed by atoms with van der Waals surface area (Å²) in [6.07, 6.45) is -0.0450. The number of rotatable bonds is 7. The van der Waals surface area contributed by atoms with Crippen LogP contribution in [-0.2, 0) is 27.2 Å². The molecule has 2 aromatic carbocycles. The summed E-state index contributed by atoms with van der Waals surface area (Å²) in [5, 5.41) is 2.49. The number of carbonyl (C=O) groups is 1. The van der Waals surface area contributed by atoms with Gasteiger partial charge in [0.25, 0.3) is 0 Å². The molecule has 0 aliphatic carbocycles. The molecule has 3 aromatic rings. The average Bonchev–Trinajstić information content (AvgIpc) is 3.22. The first-order chi connectivity index (χ1) is 14.7. The average molecular weight is 427 g/mol. The third-order valence-electron chi connectivity index (χ3n) is 4.85. The molecule has 0 spiro atoms. The van der Waals surface area contributed by atoms with E-state index in [1.807, 2.05) is 18.2 Å². The first kappa shape index (κ1) is 20.7. The minimum Gasteiger partial charge on any atom is -0.463 e. The van der Waals surface area contributed by atoms with Gasteiger partial charge in [-0.1, -0.05) is 42.5 Å². The van der Waals surface area contributed by atoms with Crippen LogP contribution >= 0.6 is 11.3 Å². The highest BCUT2D eigenvalue weighted by Gasteiger charge is 2.22. The molecule has 1 unspecified atom stereocenters. The Morgan fingerprint density at radius 1 is 1.23 bits per heavy atom. The topological polar surface area (TPSA) is 51.7 Å². The normalized spacial score (nSPS) is 17.0. The summed E-state index contributed by atoms with van der Waals surface area (Å²) in [4.78, 5) is 19.0. The standard InChI is InChI=1S/C23H23FN2O3S/c24-19-8-4-7-18(11-19)23-25-20(16-30-23)12-22(27)29-15-21-14-26(9-10-28-21)13-17-5-2-1-3-6-17/h1-8,11,16,21H,9-10,12-15H2.